The third-order valence-corrected chi connectivity index (χ3v) is 2.30. The maximum Gasteiger partial charge on any atom is 0.319 e. The number of hydrogen-bond acceptors (Lipinski definition) is 4. The summed E-state index contributed by atoms with van der Waals surface area (Å²) in [7, 11) is 0. The fourth-order valence-electron chi connectivity index (χ4n) is 1.36. The van der Waals surface area contributed by atoms with E-state index in [1.807, 2.05) is 6.92 Å². The van der Waals surface area contributed by atoms with Gasteiger partial charge in [0.1, 0.15) is 0 Å². The molecule has 0 aromatic heterocycles. The fourth-order valence-corrected chi connectivity index (χ4v) is 1.36. The van der Waals surface area contributed by atoms with Gasteiger partial charge in [-0.15, -0.1) is 0 Å². The zero-order valence-electron chi connectivity index (χ0n) is 11.0. The number of nitrogens with zero attached hydrogens (tertiary/aromatic N) is 1. The van der Waals surface area contributed by atoms with Gasteiger partial charge in [-0.2, -0.15) is 0 Å². The van der Waals surface area contributed by atoms with Gasteiger partial charge in [0.15, 0.2) is 0 Å². The van der Waals surface area contributed by atoms with Crippen molar-refractivity contribution in [3.05, 3.63) is 34.4 Å². The van der Waals surface area contributed by atoms with Crippen LogP contribution in [-0.2, 0) is 4.79 Å². The van der Waals surface area contributed by atoms with Gasteiger partial charge in [0, 0.05) is 24.4 Å². The molecule has 8 nitrogen and oxygen atoms in total. The van der Waals surface area contributed by atoms with Crippen molar-refractivity contribution in [3.63, 3.8) is 0 Å². The van der Waals surface area contributed by atoms with Crippen LogP contribution >= 0.6 is 0 Å². The molecule has 3 N–H and O–H groups in total. The molecule has 0 radical (unpaired) electrons. The smallest absolute Gasteiger partial charge is 0.319 e. The van der Waals surface area contributed by atoms with E-state index in [1.54, 1.807) is 0 Å². The normalized spacial score (nSPS) is 9.65. The Morgan fingerprint density at radius 3 is 2.70 bits per heavy atom. The summed E-state index contributed by atoms with van der Waals surface area (Å²) in [6, 6.07) is 4.93. The zero-order chi connectivity index (χ0) is 15.0. The molecule has 3 amide bonds. The van der Waals surface area contributed by atoms with Crippen molar-refractivity contribution in [2.75, 3.05) is 18.4 Å². The number of anilines is 1. The van der Waals surface area contributed by atoms with Crippen LogP contribution in [0.3, 0.4) is 0 Å². The summed E-state index contributed by atoms with van der Waals surface area (Å²) in [4.78, 5) is 32.8. The Kier molecular flexibility index (Phi) is 5.95. The van der Waals surface area contributed by atoms with Crippen LogP contribution in [0.5, 0.6) is 0 Å². The molecule has 8 heteroatoms. The van der Waals surface area contributed by atoms with Gasteiger partial charge in [0.2, 0.25) is 5.91 Å². The van der Waals surface area contributed by atoms with Crippen molar-refractivity contribution in [2.24, 2.45) is 0 Å². The summed E-state index contributed by atoms with van der Waals surface area (Å²) in [5, 5.41) is 18.0. The molecule has 1 rings (SSSR count). The fraction of sp³-hybridized carbons (Fsp3) is 0.333. The number of non-ortho nitro benzene ring substituents is 1. The van der Waals surface area contributed by atoms with Crippen LogP contribution in [0.25, 0.3) is 0 Å². The summed E-state index contributed by atoms with van der Waals surface area (Å²) in [6.45, 7) is 2.32. The van der Waals surface area contributed by atoms with Gasteiger partial charge in [0.05, 0.1) is 11.5 Å². The van der Waals surface area contributed by atoms with Crippen LogP contribution < -0.4 is 16.0 Å². The molecule has 0 aliphatic carbocycles. The van der Waals surface area contributed by atoms with Crippen LogP contribution in [0.1, 0.15) is 13.3 Å². The topological polar surface area (TPSA) is 113 Å². The van der Waals surface area contributed by atoms with Crippen molar-refractivity contribution < 1.29 is 14.5 Å². The van der Waals surface area contributed by atoms with Crippen molar-refractivity contribution >= 4 is 23.3 Å². The van der Waals surface area contributed by atoms with E-state index >= 15 is 0 Å². The van der Waals surface area contributed by atoms with Crippen LogP contribution in [0, 0.1) is 10.1 Å². The second-order valence-corrected chi connectivity index (χ2v) is 3.97. The second-order valence-electron chi connectivity index (χ2n) is 3.97. The lowest BCUT2D eigenvalue weighted by atomic mass is 10.3. The molecule has 20 heavy (non-hydrogen) atoms. The first-order valence-electron chi connectivity index (χ1n) is 6.09. The lowest BCUT2D eigenvalue weighted by Crippen LogP contribution is -2.39. The van der Waals surface area contributed by atoms with E-state index in [0.717, 1.165) is 6.42 Å². The van der Waals surface area contributed by atoms with E-state index < -0.39 is 11.0 Å². The average molecular weight is 280 g/mol. The van der Waals surface area contributed by atoms with Gasteiger partial charge in [0.25, 0.3) is 5.69 Å². The summed E-state index contributed by atoms with van der Waals surface area (Å²) < 4.78 is 0. The molecule has 0 atom stereocenters. The summed E-state index contributed by atoms with van der Waals surface area (Å²) in [5.74, 6) is -0.291. The van der Waals surface area contributed by atoms with Crippen molar-refractivity contribution in [1.29, 1.82) is 0 Å². The van der Waals surface area contributed by atoms with Crippen molar-refractivity contribution in [3.8, 4) is 0 Å². The Morgan fingerprint density at radius 1 is 1.30 bits per heavy atom. The summed E-state index contributed by atoms with van der Waals surface area (Å²) in [6.07, 6.45) is 0.811. The molecular weight excluding hydrogens is 264 g/mol. The maximum absolute atomic E-state index is 11.5. The number of nitro benzene ring substituents is 1. The monoisotopic (exact) mass is 280 g/mol. The average Bonchev–Trinajstić information content (AvgIpc) is 2.43. The minimum atomic E-state index is -0.600. The quantitative estimate of drug-likeness (QED) is 0.537. The number of rotatable bonds is 6. The van der Waals surface area contributed by atoms with Crippen LogP contribution in [0.15, 0.2) is 24.3 Å². The number of carbonyl (C=O) groups is 2. The minimum absolute atomic E-state index is 0.122. The predicted molar refractivity (Wildman–Crippen MR) is 73.4 cm³/mol. The number of nitrogens with one attached hydrogen (secondary N) is 3. The summed E-state index contributed by atoms with van der Waals surface area (Å²) >= 11 is 0. The number of benzene rings is 1. The van der Waals surface area contributed by atoms with Crippen LogP contribution in [0.2, 0.25) is 0 Å². The van der Waals surface area contributed by atoms with Crippen molar-refractivity contribution in [1.82, 2.24) is 10.6 Å². The zero-order valence-corrected chi connectivity index (χ0v) is 11.0. The Hall–Kier alpha value is -2.64. The molecule has 0 fully saturated rings. The molecule has 0 spiro atoms. The predicted octanol–water partition coefficient (Wildman–Crippen LogP) is 1.24. The highest BCUT2D eigenvalue weighted by Crippen LogP contribution is 2.16. The van der Waals surface area contributed by atoms with Gasteiger partial charge in [-0.3, -0.25) is 14.9 Å². The van der Waals surface area contributed by atoms with E-state index in [4.69, 9.17) is 0 Å². The van der Waals surface area contributed by atoms with Crippen molar-refractivity contribution in [2.45, 2.75) is 13.3 Å². The van der Waals surface area contributed by atoms with Gasteiger partial charge < -0.3 is 16.0 Å². The standard InChI is InChI=1S/C12H16N4O4/c1-2-6-13-11(17)8-14-12(18)15-9-4-3-5-10(7-9)16(19)20/h3-5,7H,2,6,8H2,1H3,(H,13,17)(H2,14,15,18). The second kappa shape index (κ2) is 7.72. The molecular formula is C12H16N4O4. The highest BCUT2D eigenvalue weighted by Gasteiger charge is 2.08. The van der Waals surface area contributed by atoms with Gasteiger partial charge in [-0.25, -0.2) is 4.79 Å². The van der Waals surface area contributed by atoms with E-state index in [1.165, 1.54) is 24.3 Å². The molecule has 0 unspecified atom stereocenters. The van der Waals surface area contributed by atoms with Crippen LogP contribution in [-0.4, -0.2) is 30.0 Å². The molecule has 0 aliphatic rings. The number of carbonyl (C=O) groups excluding carboxylic acids is 2. The number of urea groups is 1. The highest BCUT2D eigenvalue weighted by molar-refractivity contribution is 5.92. The molecule has 0 saturated heterocycles. The van der Waals surface area contributed by atoms with E-state index in [-0.39, 0.29) is 23.8 Å². The number of nitro groups is 1. The van der Waals surface area contributed by atoms with E-state index in [9.17, 15) is 19.7 Å². The third-order valence-electron chi connectivity index (χ3n) is 2.30. The highest BCUT2D eigenvalue weighted by atomic mass is 16.6. The first-order valence-corrected chi connectivity index (χ1v) is 6.09. The minimum Gasteiger partial charge on any atom is -0.355 e. The van der Waals surface area contributed by atoms with E-state index in [2.05, 4.69) is 16.0 Å². The summed E-state index contributed by atoms with van der Waals surface area (Å²) in [5.41, 5.74) is 0.161. The SMILES string of the molecule is CCCNC(=O)CNC(=O)Nc1cccc([N+](=O)[O-])c1. The molecule has 0 bridgehead atoms. The molecule has 1 aromatic carbocycles. The Labute approximate surface area is 115 Å². The lowest BCUT2D eigenvalue weighted by Gasteiger charge is -2.07. The van der Waals surface area contributed by atoms with E-state index in [0.29, 0.717) is 6.54 Å². The molecule has 108 valence electrons. The number of amides is 3. The first-order chi connectivity index (χ1) is 9.52. The van der Waals surface area contributed by atoms with Gasteiger partial charge >= 0.3 is 6.03 Å². The Morgan fingerprint density at radius 2 is 2.05 bits per heavy atom. The maximum atomic E-state index is 11.5. The lowest BCUT2D eigenvalue weighted by molar-refractivity contribution is -0.384. The molecule has 0 aliphatic heterocycles. The molecule has 0 heterocycles. The number of hydrogen-bond donors (Lipinski definition) is 3. The van der Waals surface area contributed by atoms with Crippen LogP contribution in [0.4, 0.5) is 16.2 Å². The van der Waals surface area contributed by atoms with Gasteiger partial charge in [-0.05, 0) is 12.5 Å². The Balaban J connectivity index is 2.44. The van der Waals surface area contributed by atoms with Gasteiger partial charge in [-0.1, -0.05) is 13.0 Å². The first kappa shape index (κ1) is 15.4. The molecule has 1 aromatic rings. The Bertz CT molecular complexity index is 504. The molecule has 0 saturated carbocycles. The third kappa shape index (κ3) is 5.34. The largest absolute Gasteiger partial charge is 0.355 e.